The maximum atomic E-state index is 4.22. The molecule has 0 saturated heterocycles. The van der Waals surface area contributed by atoms with Gasteiger partial charge in [0.25, 0.3) is 0 Å². The molecule has 1 heterocycles. The summed E-state index contributed by atoms with van der Waals surface area (Å²) in [4.78, 5) is 8.34. The molecule has 0 aliphatic heterocycles. The van der Waals surface area contributed by atoms with E-state index in [1.165, 1.54) is 0 Å². The highest BCUT2D eigenvalue weighted by atomic mass is 15.0. The van der Waals surface area contributed by atoms with E-state index in [0.29, 0.717) is 0 Å². The highest BCUT2D eigenvalue weighted by Gasteiger charge is 1.96. The van der Waals surface area contributed by atoms with Crippen molar-refractivity contribution in [2.45, 2.75) is 13.8 Å². The fourth-order valence-corrected chi connectivity index (χ4v) is 0.843. The molecule has 0 aliphatic carbocycles. The highest BCUT2D eigenvalue weighted by Crippen LogP contribution is 2.05. The van der Waals surface area contributed by atoms with E-state index in [-0.39, 0.29) is 0 Å². The van der Waals surface area contributed by atoms with Crippen molar-refractivity contribution in [3.63, 3.8) is 0 Å². The summed E-state index contributed by atoms with van der Waals surface area (Å²) in [6.45, 7) is 3.87. The quantitative estimate of drug-likeness (QED) is 0.630. The molecule has 54 valence electrons. The van der Waals surface area contributed by atoms with Crippen LogP contribution < -0.4 is 5.32 Å². The summed E-state index contributed by atoms with van der Waals surface area (Å²) in [5.74, 6) is 0.852. The summed E-state index contributed by atoms with van der Waals surface area (Å²) in [6, 6.07) is 0. The molecule has 0 spiro atoms. The standard InChI is InChI=1S/C7H11N3/c1-5-4-9-7(8-3)6(2)10-5/h4H,1-3H3,(H,8,9). The molecule has 0 fully saturated rings. The van der Waals surface area contributed by atoms with Crippen LogP contribution in [0.3, 0.4) is 0 Å². The summed E-state index contributed by atoms with van der Waals surface area (Å²) in [7, 11) is 1.84. The number of hydrogen-bond donors (Lipinski definition) is 1. The van der Waals surface area contributed by atoms with Gasteiger partial charge in [0.2, 0.25) is 0 Å². The van der Waals surface area contributed by atoms with Gasteiger partial charge in [-0.2, -0.15) is 0 Å². The first-order valence-corrected chi connectivity index (χ1v) is 3.22. The zero-order chi connectivity index (χ0) is 7.56. The zero-order valence-corrected chi connectivity index (χ0v) is 6.47. The first kappa shape index (κ1) is 6.99. The Balaban J connectivity index is 3.07. The Bertz CT molecular complexity index is 232. The van der Waals surface area contributed by atoms with Crippen LogP contribution in [-0.4, -0.2) is 17.0 Å². The smallest absolute Gasteiger partial charge is 0.147 e. The molecule has 3 heteroatoms. The van der Waals surface area contributed by atoms with Crippen molar-refractivity contribution in [1.29, 1.82) is 0 Å². The third-order valence-corrected chi connectivity index (χ3v) is 1.30. The van der Waals surface area contributed by atoms with E-state index < -0.39 is 0 Å². The van der Waals surface area contributed by atoms with Gasteiger partial charge < -0.3 is 5.32 Å². The fourth-order valence-electron chi connectivity index (χ4n) is 0.843. The Labute approximate surface area is 60.5 Å². The Kier molecular flexibility index (Phi) is 1.85. The third kappa shape index (κ3) is 1.23. The lowest BCUT2D eigenvalue weighted by molar-refractivity contribution is 1.05. The number of nitrogens with zero attached hydrogens (tertiary/aromatic N) is 2. The van der Waals surface area contributed by atoms with Gasteiger partial charge >= 0.3 is 0 Å². The van der Waals surface area contributed by atoms with Crippen molar-refractivity contribution in [2.75, 3.05) is 12.4 Å². The van der Waals surface area contributed by atoms with Crippen molar-refractivity contribution >= 4 is 5.82 Å². The van der Waals surface area contributed by atoms with Crippen LogP contribution in [0.25, 0.3) is 0 Å². The average Bonchev–Trinajstić information content (AvgIpc) is 1.88. The average molecular weight is 137 g/mol. The van der Waals surface area contributed by atoms with E-state index in [4.69, 9.17) is 0 Å². The van der Waals surface area contributed by atoms with Crippen LogP contribution in [0.4, 0.5) is 5.82 Å². The van der Waals surface area contributed by atoms with Crippen LogP contribution >= 0.6 is 0 Å². The second-order valence-corrected chi connectivity index (χ2v) is 2.20. The predicted octanol–water partition coefficient (Wildman–Crippen LogP) is 1.14. The predicted molar refractivity (Wildman–Crippen MR) is 41.1 cm³/mol. The summed E-state index contributed by atoms with van der Waals surface area (Å²) >= 11 is 0. The molecule has 1 aromatic rings. The normalized spacial score (nSPS) is 9.50. The zero-order valence-electron chi connectivity index (χ0n) is 6.47. The topological polar surface area (TPSA) is 37.8 Å². The van der Waals surface area contributed by atoms with Crippen molar-refractivity contribution in [3.8, 4) is 0 Å². The molecule has 0 saturated carbocycles. The van der Waals surface area contributed by atoms with Gasteiger partial charge in [-0.15, -0.1) is 0 Å². The van der Waals surface area contributed by atoms with E-state index in [2.05, 4.69) is 15.3 Å². The lowest BCUT2D eigenvalue weighted by Gasteiger charge is -2.01. The van der Waals surface area contributed by atoms with Gasteiger partial charge in [0, 0.05) is 7.05 Å². The van der Waals surface area contributed by atoms with E-state index >= 15 is 0 Å². The number of aromatic nitrogens is 2. The van der Waals surface area contributed by atoms with Gasteiger partial charge in [-0.25, -0.2) is 4.98 Å². The van der Waals surface area contributed by atoms with Crippen LogP contribution in [0, 0.1) is 13.8 Å². The van der Waals surface area contributed by atoms with E-state index in [1.807, 2.05) is 20.9 Å². The monoisotopic (exact) mass is 137 g/mol. The summed E-state index contributed by atoms with van der Waals surface area (Å²) in [5, 5.41) is 2.95. The van der Waals surface area contributed by atoms with Gasteiger partial charge in [0.1, 0.15) is 5.82 Å². The minimum atomic E-state index is 0.852. The molecule has 0 amide bonds. The van der Waals surface area contributed by atoms with Crippen molar-refractivity contribution < 1.29 is 0 Å². The summed E-state index contributed by atoms with van der Waals surface area (Å²) < 4.78 is 0. The van der Waals surface area contributed by atoms with Gasteiger partial charge in [-0.05, 0) is 13.8 Å². The highest BCUT2D eigenvalue weighted by molar-refractivity contribution is 5.37. The maximum absolute atomic E-state index is 4.22. The lowest BCUT2D eigenvalue weighted by atomic mass is 10.4. The van der Waals surface area contributed by atoms with Gasteiger partial charge in [-0.3, -0.25) is 4.98 Å². The molecule has 0 aromatic carbocycles. The molecule has 0 atom stereocenters. The lowest BCUT2D eigenvalue weighted by Crippen LogP contribution is -1.98. The van der Waals surface area contributed by atoms with Crippen LogP contribution in [0.5, 0.6) is 0 Å². The van der Waals surface area contributed by atoms with E-state index in [9.17, 15) is 0 Å². The minimum Gasteiger partial charge on any atom is -0.372 e. The molecule has 1 rings (SSSR count). The third-order valence-electron chi connectivity index (χ3n) is 1.30. The Morgan fingerprint density at radius 2 is 2.10 bits per heavy atom. The molecule has 1 N–H and O–H groups in total. The van der Waals surface area contributed by atoms with Gasteiger partial charge in [0.15, 0.2) is 0 Å². The molecule has 1 aromatic heterocycles. The molecule has 10 heavy (non-hydrogen) atoms. The van der Waals surface area contributed by atoms with Crippen molar-refractivity contribution in [1.82, 2.24) is 9.97 Å². The Hall–Kier alpha value is -1.12. The number of rotatable bonds is 1. The van der Waals surface area contributed by atoms with E-state index in [1.54, 1.807) is 6.20 Å². The SMILES string of the molecule is CNc1ncc(C)nc1C. The van der Waals surface area contributed by atoms with Crippen molar-refractivity contribution in [3.05, 3.63) is 17.6 Å². The second kappa shape index (κ2) is 2.64. The molecule has 0 bridgehead atoms. The van der Waals surface area contributed by atoms with Crippen LogP contribution in [-0.2, 0) is 0 Å². The van der Waals surface area contributed by atoms with Gasteiger partial charge in [0.05, 0.1) is 17.6 Å². The van der Waals surface area contributed by atoms with Crippen LogP contribution in [0.15, 0.2) is 6.20 Å². The number of anilines is 1. The largest absolute Gasteiger partial charge is 0.372 e. The molecular formula is C7H11N3. The molecular weight excluding hydrogens is 126 g/mol. The number of nitrogens with one attached hydrogen (secondary N) is 1. The molecule has 0 radical (unpaired) electrons. The molecule has 0 aliphatic rings. The molecule has 0 unspecified atom stereocenters. The number of hydrogen-bond acceptors (Lipinski definition) is 3. The maximum Gasteiger partial charge on any atom is 0.147 e. The summed E-state index contributed by atoms with van der Waals surface area (Å²) in [5.41, 5.74) is 1.90. The van der Waals surface area contributed by atoms with E-state index in [0.717, 1.165) is 17.2 Å². The minimum absolute atomic E-state index is 0.852. The van der Waals surface area contributed by atoms with Crippen molar-refractivity contribution in [2.24, 2.45) is 0 Å². The summed E-state index contributed by atoms with van der Waals surface area (Å²) in [6.07, 6.45) is 1.75. The Morgan fingerprint density at radius 1 is 1.40 bits per heavy atom. The van der Waals surface area contributed by atoms with Crippen LogP contribution in [0.1, 0.15) is 11.4 Å². The molecule has 3 nitrogen and oxygen atoms in total. The van der Waals surface area contributed by atoms with Crippen LogP contribution in [0.2, 0.25) is 0 Å². The fraction of sp³-hybridized carbons (Fsp3) is 0.429. The second-order valence-electron chi connectivity index (χ2n) is 2.20. The first-order valence-electron chi connectivity index (χ1n) is 3.22. The Morgan fingerprint density at radius 3 is 2.60 bits per heavy atom. The first-order chi connectivity index (χ1) is 4.74. The number of aryl methyl sites for hydroxylation is 2. The van der Waals surface area contributed by atoms with Gasteiger partial charge in [-0.1, -0.05) is 0 Å².